The van der Waals surface area contributed by atoms with E-state index in [2.05, 4.69) is 0 Å². The van der Waals surface area contributed by atoms with Crippen LogP contribution in [0.25, 0.3) is 0 Å². The fourth-order valence-corrected chi connectivity index (χ4v) is 2.54. The van der Waals surface area contributed by atoms with Crippen LogP contribution in [0.1, 0.15) is 15.9 Å². The number of halogens is 1. The van der Waals surface area contributed by atoms with Gasteiger partial charge in [-0.2, -0.15) is 5.26 Å². The minimum atomic E-state index is -3.71. The highest BCUT2D eigenvalue weighted by Crippen LogP contribution is 2.35. The molecule has 25 heavy (non-hydrogen) atoms. The van der Waals surface area contributed by atoms with Crippen molar-refractivity contribution >= 4 is 27.5 Å². The number of sulfonamides is 1. The Morgan fingerprint density at radius 1 is 1.16 bits per heavy atom. The van der Waals surface area contributed by atoms with Crippen molar-refractivity contribution in [3.8, 4) is 23.3 Å². The Hall–Kier alpha value is -2.76. The van der Waals surface area contributed by atoms with E-state index in [4.69, 9.17) is 21.1 Å². The third kappa shape index (κ3) is 4.86. The third-order valence-corrected chi connectivity index (χ3v) is 3.78. The van der Waals surface area contributed by atoms with Gasteiger partial charge >= 0.3 is 0 Å². The minimum absolute atomic E-state index is 0.0115. The Morgan fingerprint density at radius 2 is 1.84 bits per heavy atom. The number of nitrogens with one attached hydrogen (secondary N) is 1. The summed E-state index contributed by atoms with van der Waals surface area (Å²) in [6.07, 6.45) is 0.862. The molecule has 2 aromatic rings. The van der Waals surface area contributed by atoms with E-state index in [1.165, 1.54) is 25.3 Å². The van der Waals surface area contributed by atoms with Gasteiger partial charge in [-0.3, -0.25) is 4.79 Å². The summed E-state index contributed by atoms with van der Waals surface area (Å²) >= 11 is 5.88. The summed E-state index contributed by atoms with van der Waals surface area (Å²) in [5.41, 5.74) is 0.0653. The summed E-state index contributed by atoms with van der Waals surface area (Å²) in [5.74, 6) is 0.0423. The molecule has 0 bridgehead atoms. The highest BCUT2D eigenvalue weighted by atomic mass is 35.5. The molecule has 7 nitrogen and oxygen atoms in total. The van der Waals surface area contributed by atoms with Crippen LogP contribution in [0.3, 0.4) is 0 Å². The maximum absolute atomic E-state index is 11.9. The summed E-state index contributed by atoms with van der Waals surface area (Å²) in [4.78, 5) is 11.9. The zero-order valence-corrected chi connectivity index (χ0v) is 14.8. The van der Waals surface area contributed by atoms with E-state index in [-0.39, 0.29) is 16.9 Å². The molecule has 0 saturated heterocycles. The lowest BCUT2D eigenvalue weighted by molar-refractivity contribution is 0.0981. The number of rotatable bonds is 5. The van der Waals surface area contributed by atoms with Gasteiger partial charge < -0.3 is 9.47 Å². The van der Waals surface area contributed by atoms with Crippen LogP contribution in [0, 0.1) is 11.3 Å². The molecule has 0 atom stereocenters. The number of carbonyl (C=O) groups excluding carboxylic acids is 1. The standard InChI is InChI=1S/C16H13ClN2O5S/c1-23-15-8-12(17)4-6-14(15)24-13-5-3-10(7-11(13)9-18)16(20)19-25(2,21)22/h3-8H,1-2H3,(H,19,20). The van der Waals surface area contributed by atoms with Gasteiger partial charge in [-0.1, -0.05) is 11.6 Å². The largest absolute Gasteiger partial charge is 0.493 e. The monoisotopic (exact) mass is 380 g/mol. The van der Waals surface area contributed by atoms with E-state index in [1.54, 1.807) is 18.2 Å². The van der Waals surface area contributed by atoms with Crippen LogP contribution in [0.4, 0.5) is 0 Å². The van der Waals surface area contributed by atoms with Crippen LogP contribution in [-0.2, 0) is 10.0 Å². The maximum atomic E-state index is 11.9. The Kier molecular flexibility index (Phi) is 5.51. The summed E-state index contributed by atoms with van der Waals surface area (Å²) in [7, 11) is -2.26. The second-order valence-electron chi connectivity index (χ2n) is 4.92. The summed E-state index contributed by atoms with van der Waals surface area (Å²) in [6.45, 7) is 0. The van der Waals surface area contributed by atoms with Gasteiger partial charge in [0.2, 0.25) is 10.0 Å². The van der Waals surface area contributed by atoms with Crippen molar-refractivity contribution in [3.05, 3.63) is 52.5 Å². The molecule has 0 radical (unpaired) electrons. The Labute approximate surface area is 149 Å². The third-order valence-electron chi connectivity index (χ3n) is 2.99. The van der Waals surface area contributed by atoms with E-state index in [0.717, 1.165) is 6.26 Å². The van der Waals surface area contributed by atoms with Crippen molar-refractivity contribution < 1.29 is 22.7 Å². The molecule has 0 saturated carbocycles. The predicted molar refractivity (Wildman–Crippen MR) is 91.5 cm³/mol. The van der Waals surface area contributed by atoms with Crippen molar-refractivity contribution in [1.29, 1.82) is 5.26 Å². The second kappa shape index (κ2) is 7.42. The fraction of sp³-hybridized carbons (Fsp3) is 0.125. The average Bonchev–Trinajstić information content (AvgIpc) is 2.55. The van der Waals surface area contributed by atoms with E-state index < -0.39 is 15.9 Å². The first-order valence-corrected chi connectivity index (χ1v) is 9.08. The number of benzene rings is 2. The lowest BCUT2D eigenvalue weighted by Crippen LogP contribution is -2.29. The molecule has 0 spiro atoms. The normalized spacial score (nSPS) is 10.6. The van der Waals surface area contributed by atoms with Crippen molar-refractivity contribution in [2.75, 3.05) is 13.4 Å². The van der Waals surface area contributed by atoms with Crippen LogP contribution in [0.5, 0.6) is 17.2 Å². The first-order valence-electron chi connectivity index (χ1n) is 6.81. The first-order chi connectivity index (χ1) is 11.7. The number of methoxy groups -OCH3 is 1. The van der Waals surface area contributed by atoms with Gasteiger partial charge in [0.1, 0.15) is 11.8 Å². The lowest BCUT2D eigenvalue weighted by atomic mass is 10.1. The van der Waals surface area contributed by atoms with E-state index in [9.17, 15) is 18.5 Å². The number of nitrogens with zero attached hydrogens (tertiary/aromatic N) is 1. The number of hydrogen-bond donors (Lipinski definition) is 1. The first kappa shape index (κ1) is 18.6. The smallest absolute Gasteiger partial charge is 0.264 e. The van der Waals surface area contributed by atoms with Gasteiger partial charge in [0.25, 0.3) is 5.91 Å². The molecule has 0 aliphatic carbocycles. The van der Waals surface area contributed by atoms with Gasteiger partial charge in [0, 0.05) is 16.7 Å². The van der Waals surface area contributed by atoms with Crippen LogP contribution in [0.15, 0.2) is 36.4 Å². The summed E-state index contributed by atoms with van der Waals surface area (Å²) in [5, 5.41) is 9.73. The molecule has 2 aromatic carbocycles. The molecule has 0 aliphatic heterocycles. The van der Waals surface area contributed by atoms with Crippen molar-refractivity contribution in [2.24, 2.45) is 0 Å². The number of ether oxygens (including phenoxy) is 2. The molecule has 0 unspecified atom stereocenters. The van der Waals surface area contributed by atoms with Gasteiger partial charge in [0.15, 0.2) is 11.5 Å². The zero-order chi connectivity index (χ0) is 18.6. The molecule has 130 valence electrons. The zero-order valence-electron chi connectivity index (χ0n) is 13.2. The molecule has 1 amide bonds. The van der Waals surface area contributed by atoms with Crippen molar-refractivity contribution in [1.82, 2.24) is 4.72 Å². The van der Waals surface area contributed by atoms with Gasteiger partial charge in [-0.15, -0.1) is 0 Å². The Balaban J connectivity index is 2.35. The number of nitriles is 1. The van der Waals surface area contributed by atoms with E-state index in [1.807, 2.05) is 10.8 Å². The molecule has 9 heteroatoms. The second-order valence-corrected chi connectivity index (χ2v) is 7.11. The average molecular weight is 381 g/mol. The summed E-state index contributed by atoms with van der Waals surface area (Å²) < 4.78 is 34.9. The van der Waals surface area contributed by atoms with Gasteiger partial charge in [-0.05, 0) is 30.3 Å². The number of hydrogen-bond acceptors (Lipinski definition) is 6. The highest BCUT2D eigenvalue weighted by molar-refractivity contribution is 7.89. The molecule has 0 heterocycles. The quantitative estimate of drug-likeness (QED) is 0.854. The SMILES string of the molecule is COc1cc(Cl)ccc1Oc1ccc(C(=O)NS(C)(=O)=O)cc1C#N. The van der Waals surface area contributed by atoms with Crippen LogP contribution in [0.2, 0.25) is 5.02 Å². The molecule has 1 N–H and O–H groups in total. The Morgan fingerprint density at radius 3 is 2.44 bits per heavy atom. The molecule has 0 aliphatic rings. The lowest BCUT2D eigenvalue weighted by Gasteiger charge is -2.12. The molecular weight excluding hydrogens is 368 g/mol. The van der Waals surface area contributed by atoms with E-state index >= 15 is 0 Å². The maximum Gasteiger partial charge on any atom is 0.264 e. The van der Waals surface area contributed by atoms with Crippen LogP contribution >= 0.6 is 11.6 Å². The molecule has 0 fully saturated rings. The van der Waals surface area contributed by atoms with Crippen molar-refractivity contribution in [3.63, 3.8) is 0 Å². The molecular formula is C16H13ClN2O5S. The Bertz CT molecular complexity index is 967. The van der Waals surface area contributed by atoms with Gasteiger partial charge in [-0.25, -0.2) is 13.1 Å². The minimum Gasteiger partial charge on any atom is -0.493 e. The molecule has 0 aromatic heterocycles. The van der Waals surface area contributed by atoms with Crippen LogP contribution in [-0.4, -0.2) is 27.7 Å². The van der Waals surface area contributed by atoms with Crippen LogP contribution < -0.4 is 14.2 Å². The fourth-order valence-electron chi connectivity index (χ4n) is 1.92. The topological polar surface area (TPSA) is 105 Å². The highest BCUT2D eigenvalue weighted by Gasteiger charge is 2.15. The molecule has 2 rings (SSSR count). The van der Waals surface area contributed by atoms with Gasteiger partial charge in [0.05, 0.1) is 18.9 Å². The van der Waals surface area contributed by atoms with Crippen molar-refractivity contribution in [2.45, 2.75) is 0 Å². The predicted octanol–water partition coefficient (Wildman–Crippen LogP) is 2.70. The van der Waals surface area contributed by atoms with E-state index in [0.29, 0.717) is 16.5 Å². The number of amides is 1. The number of carbonyl (C=O) groups is 1. The summed E-state index contributed by atoms with van der Waals surface area (Å²) in [6, 6.07) is 10.6.